The van der Waals surface area contributed by atoms with Crippen LogP contribution in [0.3, 0.4) is 0 Å². The van der Waals surface area contributed by atoms with Crippen LogP contribution < -0.4 is 0 Å². The van der Waals surface area contributed by atoms with Crippen LogP contribution in [0.25, 0.3) is 0 Å². The Hall–Kier alpha value is -1.32. The summed E-state index contributed by atoms with van der Waals surface area (Å²) in [5, 5.41) is 17.1. The normalized spacial score (nSPS) is 11.2. The van der Waals surface area contributed by atoms with Gasteiger partial charge >= 0.3 is 11.9 Å². The van der Waals surface area contributed by atoms with E-state index in [1.165, 1.54) is 64.2 Å². The monoisotopic (exact) mass is 354 g/mol. The topological polar surface area (TPSA) is 74.6 Å². The molecule has 0 radical (unpaired) electrons. The lowest BCUT2D eigenvalue weighted by molar-refractivity contribution is -0.138. The minimum absolute atomic E-state index is 0.313. The fraction of sp³-hybridized carbons (Fsp3) is 0.810. The van der Waals surface area contributed by atoms with Crippen LogP contribution in [-0.4, -0.2) is 22.2 Å². The number of carbonyl (C=O) groups is 2. The quantitative estimate of drug-likeness (QED) is 0.209. The first-order valence-corrected chi connectivity index (χ1v) is 10.2. The van der Waals surface area contributed by atoms with Crippen molar-refractivity contribution in [2.75, 3.05) is 0 Å². The minimum Gasteiger partial charge on any atom is -0.481 e. The first-order chi connectivity index (χ1) is 12.1. The molecule has 0 atom stereocenters. The molecule has 4 nitrogen and oxygen atoms in total. The Morgan fingerprint density at radius 1 is 0.480 bits per heavy atom. The van der Waals surface area contributed by atoms with Gasteiger partial charge in [-0.25, -0.2) is 0 Å². The fourth-order valence-corrected chi connectivity index (χ4v) is 2.90. The third kappa shape index (κ3) is 22.7. The molecule has 0 fully saturated rings. The smallest absolute Gasteiger partial charge is 0.303 e. The molecule has 0 heterocycles. The second-order valence-electron chi connectivity index (χ2n) is 6.93. The summed E-state index contributed by atoms with van der Waals surface area (Å²) in [5.41, 5.74) is 0. The van der Waals surface area contributed by atoms with E-state index in [2.05, 4.69) is 12.2 Å². The van der Waals surface area contributed by atoms with Crippen molar-refractivity contribution >= 4 is 11.9 Å². The van der Waals surface area contributed by atoms with Crippen molar-refractivity contribution in [2.45, 2.75) is 109 Å². The summed E-state index contributed by atoms with van der Waals surface area (Å²) in [6.07, 6.45) is 22.4. The van der Waals surface area contributed by atoms with E-state index in [1.54, 1.807) is 0 Å². The van der Waals surface area contributed by atoms with E-state index in [-0.39, 0.29) is 0 Å². The molecule has 146 valence electrons. The summed E-state index contributed by atoms with van der Waals surface area (Å²) >= 11 is 0. The zero-order chi connectivity index (χ0) is 18.6. The molecule has 0 aliphatic carbocycles. The maximum atomic E-state index is 10.4. The van der Waals surface area contributed by atoms with Gasteiger partial charge in [-0.3, -0.25) is 9.59 Å². The number of rotatable bonds is 19. The zero-order valence-corrected chi connectivity index (χ0v) is 15.9. The van der Waals surface area contributed by atoms with Crippen LogP contribution in [0.15, 0.2) is 12.2 Å². The largest absolute Gasteiger partial charge is 0.481 e. The van der Waals surface area contributed by atoms with E-state index in [0.717, 1.165) is 32.1 Å². The molecule has 0 aromatic rings. The third-order valence-electron chi connectivity index (χ3n) is 4.44. The average Bonchev–Trinajstić information content (AvgIpc) is 2.56. The highest BCUT2D eigenvalue weighted by Gasteiger charge is 1.97. The molecule has 0 saturated carbocycles. The lowest BCUT2D eigenvalue weighted by Crippen LogP contribution is -1.93. The maximum absolute atomic E-state index is 10.4. The lowest BCUT2D eigenvalue weighted by atomic mass is 10.1. The summed E-state index contributed by atoms with van der Waals surface area (Å²) in [4.78, 5) is 20.7. The molecule has 25 heavy (non-hydrogen) atoms. The Labute approximate surface area is 153 Å². The van der Waals surface area contributed by atoms with Crippen LogP contribution in [0.4, 0.5) is 0 Å². The molecule has 0 saturated heterocycles. The molecule has 0 aliphatic rings. The number of carboxylic acids is 2. The van der Waals surface area contributed by atoms with Crippen molar-refractivity contribution in [1.82, 2.24) is 0 Å². The molecule has 0 bridgehead atoms. The van der Waals surface area contributed by atoms with Gasteiger partial charge in [-0.15, -0.1) is 0 Å². The van der Waals surface area contributed by atoms with Gasteiger partial charge in [0.25, 0.3) is 0 Å². The minimum atomic E-state index is -0.680. The second kappa shape index (κ2) is 19.0. The molecular formula is C21H38O4. The average molecular weight is 355 g/mol. The van der Waals surface area contributed by atoms with Crippen molar-refractivity contribution in [2.24, 2.45) is 0 Å². The highest BCUT2D eigenvalue weighted by atomic mass is 16.4. The highest BCUT2D eigenvalue weighted by molar-refractivity contribution is 5.66. The predicted octanol–water partition coefficient (Wildman–Crippen LogP) is 6.34. The van der Waals surface area contributed by atoms with Crippen LogP contribution in [-0.2, 0) is 9.59 Å². The van der Waals surface area contributed by atoms with E-state index in [0.29, 0.717) is 12.8 Å². The Morgan fingerprint density at radius 2 is 0.760 bits per heavy atom. The fourth-order valence-electron chi connectivity index (χ4n) is 2.90. The summed E-state index contributed by atoms with van der Waals surface area (Å²) in [5.74, 6) is -1.36. The Bertz CT molecular complexity index is 350. The molecular weight excluding hydrogens is 316 g/mol. The second-order valence-corrected chi connectivity index (χ2v) is 6.93. The van der Waals surface area contributed by atoms with Crippen molar-refractivity contribution in [3.63, 3.8) is 0 Å². The van der Waals surface area contributed by atoms with Gasteiger partial charge in [-0.1, -0.05) is 69.9 Å². The number of allylic oxidation sites excluding steroid dienone is 2. The highest BCUT2D eigenvalue weighted by Crippen LogP contribution is 2.11. The van der Waals surface area contributed by atoms with E-state index >= 15 is 0 Å². The van der Waals surface area contributed by atoms with E-state index in [1.807, 2.05) is 0 Å². The van der Waals surface area contributed by atoms with Crippen molar-refractivity contribution in [3.05, 3.63) is 12.2 Å². The predicted molar refractivity (Wildman–Crippen MR) is 103 cm³/mol. The van der Waals surface area contributed by atoms with Gasteiger partial charge in [0.05, 0.1) is 0 Å². The molecule has 0 spiro atoms. The summed E-state index contributed by atoms with van der Waals surface area (Å²) < 4.78 is 0. The number of aliphatic carboxylic acids is 2. The van der Waals surface area contributed by atoms with Gasteiger partial charge in [0.1, 0.15) is 0 Å². The molecule has 2 N–H and O–H groups in total. The standard InChI is InChI=1S/C21H38O4/c22-20(23)18-16-14-12-10-8-6-4-2-1-3-5-7-9-11-13-15-17-19-21(24)25/h1-2H,3-19H2,(H,22,23)(H,24,25)/b2-1-. The number of unbranched alkanes of at least 4 members (excludes halogenated alkanes) is 13. The van der Waals surface area contributed by atoms with Gasteiger partial charge in [-0.05, 0) is 38.5 Å². The van der Waals surface area contributed by atoms with Gasteiger partial charge in [-0.2, -0.15) is 0 Å². The van der Waals surface area contributed by atoms with Crippen molar-refractivity contribution in [1.29, 1.82) is 0 Å². The first kappa shape index (κ1) is 23.7. The van der Waals surface area contributed by atoms with Crippen LogP contribution >= 0.6 is 0 Å². The van der Waals surface area contributed by atoms with Gasteiger partial charge in [0.2, 0.25) is 0 Å². The molecule has 0 rings (SSSR count). The van der Waals surface area contributed by atoms with Gasteiger partial charge < -0.3 is 10.2 Å². The van der Waals surface area contributed by atoms with Crippen LogP contribution in [0, 0.1) is 0 Å². The number of carboxylic acid groups (broad SMARTS) is 2. The molecule has 4 heteroatoms. The van der Waals surface area contributed by atoms with Gasteiger partial charge in [0, 0.05) is 12.8 Å². The summed E-state index contributed by atoms with van der Waals surface area (Å²) in [7, 11) is 0. The SMILES string of the molecule is O=C(O)CCCCCCCC/C=C\CCCCCCCCCC(=O)O. The Morgan fingerprint density at radius 3 is 1.08 bits per heavy atom. The lowest BCUT2D eigenvalue weighted by Gasteiger charge is -2.00. The Balaban J connectivity index is 3.11. The summed E-state index contributed by atoms with van der Waals surface area (Å²) in [6, 6.07) is 0. The number of hydrogen-bond acceptors (Lipinski definition) is 2. The van der Waals surface area contributed by atoms with Crippen LogP contribution in [0.5, 0.6) is 0 Å². The third-order valence-corrected chi connectivity index (χ3v) is 4.44. The first-order valence-electron chi connectivity index (χ1n) is 10.2. The van der Waals surface area contributed by atoms with Crippen molar-refractivity contribution in [3.8, 4) is 0 Å². The number of hydrogen-bond donors (Lipinski definition) is 2. The molecule has 0 unspecified atom stereocenters. The Kier molecular flexibility index (Phi) is 18.0. The van der Waals surface area contributed by atoms with E-state index in [9.17, 15) is 9.59 Å². The van der Waals surface area contributed by atoms with E-state index in [4.69, 9.17) is 10.2 Å². The molecule has 0 aliphatic heterocycles. The zero-order valence-electron chi connectivity index (χ0n) is 15.9. The van der Waals surface area contributed by atoms with Crippen molar-refractivity contribution < 1.29 is 19.8 Å². The van der Waals surface area contributed by atoms with Crippen LogP contribution in [0.2, 0.25) is 0 Å². The summed E-state index contributed by atoms with van der Waals surface area (Å²) in [6.45, 7) is 0. The van der Waals surface area contributed by atoms with Crippen LogP contribution in [0.1, 0.15) is 109 Å². The van der Waals surface area contributed by atoms with E-state index < -0.39 is 11.9 Å². The maximum Gasteiger partial charge on any atom is 0.303 e. The molecule has 0 aromatic heterocycles. The molecule has 0 amide bonds. The van der Waals surface area contributed by atoms with Gasteiger partial charge in [0.15, 0.2) is 0 Å². The molecule has 0 aromatic carbocycles.